The highest BCUT2D eigenvalue weighted by Crippen LogP contribution is 2.38. The van der Waals surface area contributed by atoms with Crippen molar-refractivity contribution in [2.45, 2.75) is 13.0 Å². The number of fused-ring (bicyclic) bond motifs is 1. The van der Waals surface area contributed by atoms with Gasteiger partial charge in [0.2, 0.25) is 0 Å². The normalized spacial score (nSPS) is 13.1. The predicted octanol–water partition coefficient (Wildman–Crippen LogP) is 3.38. The molecular weight excluding hydrogens is 400 g/mol. The number of nitrogens with zero attached hydrogens (tertiary/aromatic N) is 2. The molecule has 0 amide bonds. The van der Waals surface area contributed by atoms with Crippen LogP contribution in [0, 0.1) is 0 Å². The molecule has 0 aliphatic carbocycles. The SMILES string of the molecule is COc1ccc(-c2noc(=O)n2Cc2cc(Cl)c3c(c2)OCCCO3)cc1OC. The Labute approximate surface area is 171 Å². The summed E-state index contributed by atoms with van der Waals surface area (Å²) in [7, 11) is 3.09. The van der Waals surface area contributed by atoms with Crippen molar-refractivity contribution in [2.24, 2.45) is 0 Å². The maximum absolute atomic E-state index is 12.3. The van der Waals surface area contributed by atoms with Crippen LogP contribution in [0.25, 0.3) is 11.4 Å². The van der Waals surface area contributed by atoms with E-state index in [1.165, 1.54) is 11.7 Å². The molecule has 1 aliphatic heterocycles. The largest absolute Gasteiger partial charge is 0.493 e. The molecular formula is C20H19ClN2O6. The van der Waals surface area contributed by atoms with E-state index < -0.39 is 5.76 Å². The van der Waals surface area contributed by atoms with Gasteiger partial charge in [-0.05, 0) is 35.9 Å². The summed E-state index contributed by atoms with van der Waals surface area (Å²) in [4.78, 5) is 12.3. The van der Waals surface area contributed by atoms with Gasteiger partial charge in [0.25, 0.3) is 0 Å². The summed E-state index contributed by atoms with van der Waals surface area (Å²) in [5, 5.41) is 4.36. The van der Waals surface area contributed by atoms with Gasteiger partial charge in [0.15, 0.2) is 28.8 Å². The van der Waals surface area contributed by atoms with Gasteiger partial charge in [-0.1, -0.05) is 16.8 Å². The summed E-state index contributed by atoms with van der Waals surface area (Å²) in [5.74, 6) is 1.94. The molecule has 9 heteroatoms. The van der Waals surface area contributed by atoms with Crippen LogP contribution in [0.3, 0.4) is 0 Å². The number of benzene rings is 2. The van der Waals surface area contributed by atoms with E-state index in [1.54, 1.807) is 31.4 Å². The molecule has 0 bridgehead atoms. The van der Waals surface area contributed by atoms with Crippen LogP contribution >= 0.6 is 11.6 Å². The summed E-state index contributed by atoms with van der Waals surface area (Å²) in [6, 6.07) is 8.79. The highest BCUT2D eigenvalue weighted by atomic mass is 35.5. The van der Waals surface area contributed by atoms with Crippen molar-refractivity contribution in [2.75, 3.05) is 27.4 Å². The van der Waals surface area contributed by atoms with Gasteiger partial charge < -0.3 is 18.9 Å². The molecule has 1 aromatic heterocycles. The first-order valence-electron chi connectivity index (χ1n) is 8.97. The van der Waals surface area contributed by atoms with E-state index in [0.29, 0.717) is 52.6 Å². The van der Waals surface area contributed by atoms with Gasteiger partial charge in [-0.3, -0.25) is 9.09 Å². The maximum atomic E-state index is 12.3. The molecule has 0 atom stereocenters. The third kappa shape index (κ3) is 3.75. The van der Waals surface area contributed by atoms with Crippen molar-refractivity contribution in [3.05, 3.63) is 51.5 Å². The minimum absolute atomic E-state index is 0.197. The Bertz CT molecular complexity index is 1090. The zero-order chi connectivity index (χ0) is 20.4. The molecule has 8 nitrogen and oxygen atoms in total. The van der Waals surface area contributed by atoms with Crippen LogP contribution in [0.5, 0.6) is 23.0 Å². The second-order valence-electron chi connectivity index (χ2n) is 6.38. The van der Waals surface area contributed by atoms with Gasteiger partial charge in [0.05, 0.1) is 39.0 Å². The molecule has 0 unspecified atom stereocenters. The fourth-order valence-electron chi connectivity index (χ4n) is 3.15. The van der Waals surface area contributed by atoms with Crippen LogP contribution in [-0.4, -0.2) is 37.2 Å². The standard InChI is InChI=1S/C20H19ClN2O6/c1-25-15-5-4-13(10-16(15)26-2)19-22-29-20(24)23(19)11-12-8-14(21)18-17(9-12)27-6-3-7-28-18/h4-5,8-10H,3,6-7,11H2,1-2H3. The Kier molecular flexibility index (Phi) is 5.35. The first-order chi connectivity index (χ1) is 14.1. The van der Waals surface area contributed by atoms with Crippen molar-refractivity contribution in [3.63, 3.8) is 0 Å². The number of methoxy groups -OCH3 is 2. The minimum Gasteiger partial charge on any atom is -0.493 e. The molecule has 2 aromatic carbocycles. The molecule has 0 spiro atoms. The number of ether oxygens (including phenoxy) is 4. The maximum Gasteiger partial charge on any atom is 0.442 e. The summed E-state index contributed by atoms with van der Waals surface area (Å²) in [6.45, 7) is 1.28. The first-order valence-corrected chi connectivity index (χ1v) is 9.35. The van der Waals surface area contributed by atoms with E-state index in [2.05, 4.69) is 5.16 Å². The lowest BCUT2D eigenvalue weighted by Crippen LogP contribution is -2.16. The van der Waals surface area contributed by atoms with Crippen LogP contribution in [0.1, 0.15) is 12.0 Å². The molecule has 3 aromatic rings. The Balaban J connectivity index is 1.71. The van der Waals surface area contributed by atoms with Crippen LogP contribution in [-0.2, 0) is 6.54 Å². The van der Waals surface area contributed by atoms with E-state index in [4.69, 9.17) is 35.1 Å². The van der Waals surface area contributed by atoms with Crippen molar-refractivity contribution >= 4 is 11.6 Å². The molecule has 152 valence electrons. The van der Waals surface area contributed by atoms with Gasteiger partial charge in [-0.2, -0.15) is 0 Å². The molecule has 0 radical (unpaired) electrons. The molecule has 2 heterocycles. The summed E-state index contributed by atoms with van der Waals surface area (Å²) in [5.41, 5.74) is 1.40. The van der Waals surface area contributed by atoms with Crippen LogP contribution in [0.15, 0.2) is 39.6 Å². The quantitative estimate of drug-likeness (QED) is 0.627. The number of hydrogen-bond donors (Lipinski definition) is 0. The molecule has 4 rings (SSSR count). The topological polar surface area (TPSA) is 85.0 Å². The summed E-state index contributed by atoms with van der Waals surface area (Å²) >= 11 is 6.37. The van der Waals surface area contributed by atoms with E-state index >= 15 is 0 Å². The third-order valence-corrected chi connectivity index (χ3v) is 4.81. The smallest absolute Gasteiger partial charge is 0.442 e. The molecule has 0 N–H and O–H groups in total. The number of aromatic nitrogens is 2. The Morgan fingerprint density at radius 3 is 2.69 bits per heavy atom. The van der Waals surface area contributed by atoms with Gasteiger partial charge in [-0.25, -0.2) is 4.79 Å². The Morgan fingerprint density at radius 1 is 1.10 bits per heavy atom. The first kappa shape index (κ1) is 19.2. The van der Waals surface area contributed by atoms with Crippen molar-refractivity contribution in [1.82, 2.24) is 9.72 Å². The molecule has 29 heavy (non-hydrogen) atoms. The van der Waals surface area contributed by atoms with Crippen LogP contribution in [0.4, 0.5) is 0 Å². The fraction of sp³-hybridized carbons (Fsp3) is 0.300. The zero-order valence-corrected chi connectivity index (χ0v) is 16.7. The molecule has 0 saturated carbocycles. The second-order valence-corrected chi connectivity index (χ2v) is 6.79. The summed E-state index contributed by atoms with van der Waals surface area (Å²) in [6.07, 6.45) is 0.773. The molecule has 0 fully saturated rings. The lowest BCUT2D eigenvalue weighted by atomic mass is 10.1. The average Bonchev–Trinajstić information content (AvgIpc) is 2.92. The van der Waals surface area contributed by atoms with E-state index in [-0.39, 0.29) is 6.54 Å². The molecule has 0 saturated heterocycles. The predicted molar refractivity (Wildman–Crippen MR) is 105 cm³/mol. The van der Waals surface area contributed by atoms with Gasteiger partial charge >= 0.3 is 5.76 Å². The number of rotatable bonds is 5. The lowest BCUT2D eigenvalue weighted by Gasteiger charge is -2.12. The fourth-order valence-corrected chi connectivity index (χ4v) is 3.44. The van der Waals surface area contributed by atoms with Crippen molar-refractivity contribution in [3.8, 4) is 34.4 Å². The average molecular weight is 419 g/mol. The zero-order valence-electron chi connectivity index (χ0n) is 15.9. The van der Waals surface area contributed by atoms with Crippen molar-refractivity contribution in [1.29, 1.82) is 0 Å². The minimum atomic E-state index is -0.585. The Hall–Kier alpha value is -3.13. The summed E-state index contributed by atoms with van der Waals surface area (Å²) < 4.78 is 28.3. The monoisotopic (exact) mass is 418 g/mol. The third-order valence-electron chi connectivity index (χ3n) is 4.53. The van der Waals surface area contributed by atoms with Crippen molar-refractivity contribution < 1.29 is 23.5 Å². The number of hydrogen-bond acceptors (Lipinski definition) is 7. The van der Waals surface area contributed by atoms with E-state index in [0.717, 1.165) is 12.0 Å². The Morgan fingerprint density at radius 2 is 1.90 bits per heavy atom. The van der Waals surface area contributed by atoms with Gasteiger partial charge in [-0.15, -0.1) is 0 Å². The lowest BCUT2D eigenvalue weighted by molar-refractivity contribution is 0.297. The highest BCUT2D eigenvalue weighted by molar-refractivity contribution is 6.32. The van der Waals surface area contributed by atoms with Gasteiger partial charge in [0.1, 0.15) is 0 Å². The highest BCUT2D eigenvalue weighted by Gasteiger charge is 2.19. The van der Waals surface area contributed by atoms with Gasteiger partial charge in [0, 0.05) is 12.0 Å². The van der Waals surface area contributed by atoms with Crippen LogP contribution < -0.4 is 24.7 Å². The molecule has 1 aliphatic rings. The van der Waals surface area contributed by atoms with E-state index in [9.17, 15) is 4.79 Å². The van der Waals surface area contributed by atoms with Crippen LogP contribution in [0.2, 0.25) is 5.02 Å². The van der Waals surface area contributed by atoms with E-state index in [1.807, 2.05) is 6.07 Å². The number of halogens is 1. The second kappa shape index (κ2) is 8.08.